The van der Waals surface area contributed by atoms with Crippen molar-refractivity contribution in [3.05, 3.63) is 29.8 Å². The standard InChI is InChI=1S/C17H23NO3S/c1-12-5-7-14(8-6-12)22(20)17-11-13(17)9-10-18(17)15(19)21-16(2,3)4/h5-8,13H,9-11H2,1-4H3/t13-,17-,22+/m1/s1. The van der Waals surface area contributed by atoms with Crippen molar-refractivity contribution >= 4 is 16.9 Å². The molecule has 1 aromatic rings. The van der Waals surface area contributed by atoms with Gasteiger partial charge in [-0.2, -0.15) is 0 Å². The van der Waals surface area contributed by atoms with Crippen molar-refractivity contribution in [3.63, 3.8) is 0 Å². The molecule has 1 aromatic carbocycles. The van der Waals surface area contributed by atoms with Crippen LogP contribution in [0.5, 0.6) is 0 Å². The number of nitrogens with zero attached hydrogens (tertiary/aromatic N) is 1. The lowest BCUT2D eigenvalue weighted by Crippen LogP contribution is -2.45. The average Bonchev–Trinajstić information content (AvgIpc) is 3.03. The molecule has 2 fully saturated rings. The van der Waals surface area contributed by atoms with Crippen molar-refractivity contribution in [2.24, 2.45) is 5.92 Å². The summed E-state index contributed by atoms with van der Waals surface area (Å²) >= 11 is 0. The average molecular weight is 321 g/mol. The van der Waals surface area contributed by atoms with E-state index < -0.39 is 21.3 Å². The van der Waals surface area contributed by atoms with E-state index in [0.29, 0.717) is 12.5 Å². The van der Waals surface area contributed by atoms with E-state index in [0.717, 1.165) is 23.3 Å². The van der Waals surface area contributed by atoms with Gasteiger partial charge in [0.15, 0.2) is 0 Å². The number of fused-ring (bicyclic) bond motifs is 1. The topological polar surface area (TPSA) is 46.6 Å². The lowest BCUT2D eigenvalue weighted by atomic mass is 10.2. The first kappa shape index (κ1) is 15.5. The van der Waals surface area contributed by atoms with Gasteiger partial charge < -0.3 is 4.74 Å². The Labute approximate surface area is 134 Å². The Balaban J connectivity index is 1.84. The lowest BCUT2D eigenvalue weighted by molar-refractivity contribution is 0.0240. The number of rotatable bonds is 2. The first-order valence-corrected chi connectivity index (χ1v) is 8.88. The third kappa shape index (κ3) is 2.56. The van der Waals surface area contributed by atoms with E-state index >= 15 is 0 Å². The van der Waals surface area contributed by atoms with Crippen molar-refractivity contribution < 1.29 is 13.7 Å². The van der Waals surface area contributed by atoms with Crippen molar-refractivity contribution in [2.45, 2.75) is 55.9 Å². The van der Waals surface area contributed by atoms with Crippen LogP contribution in [0, 0.1) is 12.8 Å². The molecule has 3 atom stereocenters. The van der Waals surface area contributed by atoms with Gasteiger partial charge in [-0.3, -0.25) is 9.11 Å². The van der Waals surface area contributed by atoms with Crippen LogP contribution in [-0.2, 0) is 15.5 Å². The second kappa shape index (κ2) is 5.08. The fourth-order valence-corrected chi connectivity index (χ4v) is 5.11. The molecule has 5 heteroatoms. The summed E-state index contributed by atoms with van der Waals surface area (Å²) in [5.74, 6) is 0.335. The highest BCUT2D eigenvalue weighted by molar-refractivity contribution is 7.86. The summed E-state index contributed by atoms with van der Waals surface area (Å²) in [6.07, 6.45) is 1.39. The molecule has 1 saturated carbocycles. The largest absolute Gasteiger partial charge is 0.444 e. The van der Waals surface area contributed by atoms with E-state index in [2.05, 4.69) is 0 Å². The number of benzene rings is 1. The number of carbonyl (C=O) groups excluding carboxylic acids is 1. The number of amides is 1. The SMILES string of the molecule is Cc1ccc([S@](=O)[C@]23C[C@H]2CCN3C(=O)OC(C)(C)C)cc1. The molecule has 120 valence electrons. The molecule has 0 N–H and O–H groups in total. The first-order chi connectivity index (χ1) is 10.2. The van der Waals surface area contributed by atoms with Crippen molar-refractivity contribution in [2.75, 3.05) is 6.54 Å². The highest BCUT2D eigenvalue weighted by Crippen LogP contribution is 2.59. The maximum atomic E-state index is 13.1. The zero-order valence-corrected chi connectivity index (χ0v) is 14.4. The monoisotopic (exact) mass is 321 g/mol. The van der Waals surface area contributed by atoms with Gasteiger partial charge in [0.05, 0.1) is 10.8 Å². The predicted molar refractivity (Wildman–Crippen MR) is 86.0 cm³/mol. The molecule has 0 radical (unpaired) electrons. The third-order valence-electron chi connectivity index (χ3n) is 4.34. The lowest BCUT2D eigenvalue weighted by Gasteiger charge is -2.30. The van der Waals surface area contributed by atoms with E-state index in [1.54, 1.807) is 4.90 Å². The number of aryl methyl sites for hydroxylation is 1. The summed E-state index contributed by atoms with van der Waals surface area (Å²) in [7, 11) is -1.21. The molecular weight excluding hydrogens is 298 g/mol. The minimum atomic E-state index is -1.21. The van der Waals surface area contributed by atoms with Gasteiger partial charge in [-0.15, -0.1) is 0 Å². The molecule has 0 bridgehead atoms. The first-order valence-electron chi connectivity index (χ1n) is 7.73. The maximum absolute atomic E-state index is 13.1. The highest BCUT2D eigenvalue weighted by atomic mass is 32.2. The van der Waals surface area contributed by atoms with Crippen LogP contribution < -0.4 is 0 Å². The molecule has 4 nitrogen and oxygen atoms in total. The van der Waals surface area contributed by atoms with Gasteiger partial charge >= 0.3 is 6.09 Å². The quantitative estimate of drug-likeness (QED) is 0.838. The Morgan fingerprint density at radius 2 is 1.95 bits per heavy atom. The summed E-state index contributed by atoms with van der Waals surface area (Å²) in [5.41, 5.74) is 0.609. The Kier molecular flexibility index (Phi) is 3.59. The van der Waals surface area contributed by atoms with E-state index in [-0.39, 0.29) is 6.09 Å². The summed E-state index contributed by atoms with van der Waals surface area (Å²) in [6, 6.07) is 7.74. The molecule has 1 saturated heterocycles. The van der Waals surface area contributed by atoms with E-state index in [1.165, 1.54) is 0 Å². The van der Waals surface area contributed by atoms with Crippen LogP contribution in [0.1, 0.15) is 39.2 Å². The number of ether oxygens (including phenoxy) is 1. The minimum absolute atomic E-state index is 0.335. The molecule has 1 heterocycles. The second-order valence-corrected chi connectivity index (χ2v) is 8.96. The molecule has 1 aliphatic carbocycles. The van der Waals surface area contributed by atoms with Gasteiger partial charge in [-0.25, -0.2) is 4.79 Å². The van der Waals surface area contributed by atoms with Crippen LogP contribution in [0.4, 0.5) is 4.79 Å². The Hall–Kier alpha value is -1.36. The van der Waals surface area contributed by atoms with Gasteiger partial charge in [0.1, 0.15) is 10.5 Å². The van der Waals surface area contributed by atoms with Gasteiger partial charge in [0.25, 0.3) is 0 Å². The highest BCUT2D eigenvalue weighted by Gasteiger charge is 2.68. The third-order valence-corrected chi connectivity index (χ3v) is 6.41. The fourth-order valence-electron chi connectivity index (χ4n) is 3.18. The zero-order valence-electron chi connectivity index (χ0n) is 13.6. The van der Waals surface area contributed by atoms with Crippen molar-refractivity contribution in [1.29, 1.82) is 0 Å². The zero-order chi connectivity index (χ0) is 16.1. The van der Waals surface area contributed by atoms with E-state index in [1.807, 2.05) is 52.0 Å². The molecule has 0 aromatic heterocycles. The number of carbonyl (C=O) groups is 1. The number of likely N-dealkylation sites (tertiary alicyclic amines) is 1. The van der Waals surface area contributed by atoms with Gasteiger partial charge in [0, 0.05) is 11.4 Å². The van der Waals surface area contributed by atoms with E-state index in [9.17, 15) is 9.00 Å². The Bertz CT molecular complexity index is 620. The van der Waals surface area contributed by atoms with Crippen LogP contribution in [-0.4, -0.2) is 32.2 Å². The maximum Gasteiger partial charge on any atom is 0.411 e. The summed E-state index contributed by atoms with van der Waals surface area (Å²) in [4.78, 5) is 14.4. The van der Waals surface area contributed by atoms with Crippen LogP contribution in [0.3, 0.4) is 0 Å². The normalized spacial score (nSPS) is 28.2. The van der Waals surface area contributed by atoms with Crippen molar-refractivity contribution in [3.8, 4) is 0 Å². The molecule has 22 heavy (non-hydrogen) atoms. The van der Waals surface area contributed by atoms with Crippen LogP contribution >= 0.6 is 0 Å². The molecule has 0 unspecified atom stereocenters. The Morgan fingerprint density at radius 3 is 2.50 bits per heavy atom. The van der Waals surface area contributed by atoms with E-state index in [4.69, 9.17) is 4.74 Å². The van der Waals surface area contributed by atoms with Crippen molar-refractivity contribution in [1.82, 2.24) is 4.90 Å². The fraction of sp³-hybridized carbons (Fsp3) is 0.588. The van der Waals surface area contributed by atoms with Crippen LogP contribution in [0.25, 0.3) is 0 Å². The molecule has 1 aliphatic heterocycles. The summed E-state index contributed by atoms with van der Waals surface area (Å²) in [5, 5.41) is 0. The summed E-state index contributed by atoms with van der Waals surface area (Å²) in [6.45, 7) is 8.21. The Morgan fingerprint density at radius 1 is 1.32 bits per heavy atom. The molecule has 0 spiro atoms. The number of piperidine rings is 1. The van der Waals surface area contributed by atoms with Crippen LogP contribution in [0.15, 0.2) is 29.2 Å². The molecule has 1 amide bonds. The number of hydrogen-bond acceptors (Lipinski definition) is 3. The smallest absolute Gasteiger partial charge is 0.411 e. The van der Waals surface area contributed by atoms with Crippen LogP contribution in [0.2, 0.25) is 0 Å². The predicted octanol–water partition coefficient (Wildman–Crippen LogP) is 3.46. The second-order valence-electron chi connectivity index (χ2n) is 7.25. The molecular formula is C17H23NO3S. The molecule has 3 rings (SSSR count). The minimum Gasteiger partial charge on any atom is -0.444 e. The van der Waals surface area contributed by atoms with Gasteiger partial charge in [-0.05, 0) is 58.6 Å². The number of hydrogen-bond donors (Lipinski definition) is 0. The molecule has 2 aliphatic rings. The summed E-state index contributed by atoms with van der Waals surface area (Å²) < 4.78 is 18.6. The van der Waals surface area contributed by atoms with Gasteiger partial charge in [-0.1, -0.05) is 17.7 Å². The van der Waals surface area contributed by atoms with Gasteiger partial charge in [0.2, 0.25) is 0 Å².